The molecule has 2 rings (SSSR count). The third-order valence-electron chi connectivity index (χ3n) is 5.08. The van der Waals surface area contributed by atoms with Gasteiger partial charge in [-0.25, -0.2) is 0 Å². The molecule has 31 heavy (non-hydrogen) atoms. The summed E-state index contributed by atoms with van der Waals surface area (Å²) in [5.41, 5.74) is 2.22. The van der Waals surface area contributed by atoms with Crippen molar-refractivity contribution in [2.24, 2.45) is 0 Å². The van der Waals surface area contributed by atoms with E-state index in [0.717, 1.165) is 35.7 Å². The number of hydrogen-bond acceptors (Lipinski definition) is 4. The Kier molecular flexibility index (Phi) is 11.0. The van der Waals surface area contributed by atoms with E-state index in [-0.39, 0.29) is 11.8 Å². The predicted molar refractivity (Wildman–Crippen MR) is 128 cm³/mol. The molecule has 2 aromatic carbocycles. The van der Waals surface area contributed by atoms with E-state index in [1.807, 2.05) is 42.5 Å². The second kappa shape index (κ2) is 13.8. The molecule has 0 saturated carbocycles. The normalized spacial score (nSPS) is 11.6. The number of methoxy groups -OCH3 is 1. The molecule has 6 heteroatoms. The molecule has 0 saturated heterocycles. The molecule has 1 N–H and O–H groups in total. The van der Waals surface area contributed by atoms with Crippen LogP contribution in [-0.2, 0) is 21.9 Å². The molecule has 0 radical (unpaired) electrons. The number of hydrogen-bond donors (Lipinski definition) is 1. The number of ether oxygens (including phenoxy) is 1. The lowest BCUT2D eigenvalue weighted by Gasteiger charge is -2.29. The molecular weight excluding hydrogens is 408 g/mol. The highest BCUT2D eigenvalue weighted by molar-refractivity contribution is 7.98. The van der Waals surface area contributed by atoms with E-state index in [2.05, 4.69) is 24.4 Å². The van der Waals surface area contributed by atoms with Gasteiger partial charge in [0.25, 0.3) is 0 Å². The van der Waals surface area contributed by atoms with Crippen molar-refractivity contribution < 1.29 is 14.3 Å². The van der Waals surface area contributed by atoms with Crippen LogP contribution in [-0.4, -0.2) is 42.2 Å². The van der Waals surface area contributed by atoms with E-state index in [4.69, 9.17) is 4.74 Å². The van der Waals surface area contributed by atoms with Crippen molar-refractivity contribution in [3.8, 4) is 5.75 Å². The molecule has 1 atom stereocenters. The Balaban J connectivity index is 1.98. The molecule has 2 amide bonds. The first-order valence-corrected chi connectivity index (χ1v) is 12.0. The Morgan fingerprint density at radius 3 is 2.42 bits per heavy atom. The van der Waals surface area contributed by atoms with Crippen molar-refractivity contribution in [2.75, 3.05) is 19.4 Å². The maximum absolute atomic E-state index is 13.1. The van der Waals surface area contributed by atoms with Gasteiger partial charge >= 0.3 is 0 Å². The summed E-state index contributed by atoms with van der Waals surface area (Å²) in [6.45, 7) is 4.92. The lowest BCUT2D eigenvalue weighted by molar-refractivity contribution is -0.140. The van der Waals surface area contributed by atoms with Crippen molar-refractivity contribution in [2.45, 2.75) is 51.4 Å². The first-order valence-electron chi connectivity index (χ1n) is 10.9. The van der Waals surface area contributed by atoms with Gasteiger partial charge in [-0.2, -0.15) is 11.8 Å². The van der Waals surface area contributed by atoms with Crippen LogP contribution in [0.2, 0.25) is 0 Å². The number of nitrogens with zero attached hydrogens (tertiary/aromatic N) is 1. The van der Waals surface area contributed by atoms with E-state index >= 15 is 0 Å². The van der Waals surface area contributed by atoms with E-state index in [0.29, 0.717) is 19.5 Å². The lowest BCUT2D eigenvalue weighted by atomic mass is 10.1. The average molecular weight is 443 g/mol. The monoisotopic (exact) mass is 442 g/mol. The van der Waals surface area contributed by atoms with Crippen LogP contribution in [0.4, 0.5) is 0 Å². The van der Waals surface area contributed by atoms with Crippen LogP contribution in [0, 0.1) is 0 Å². The standard InChI is InChI=1S/C25H34N2O3S/c1-4-5-16-26-25(29)20(2)27(18-21-11-13-23(30-3)14-12-21)24(28)15-17-31-19-22-9-7-6-8-10-22/h6-14,20H,4-5,15-19H2,1-3H3,(H,26,29)/t20-/m1/s1. The van der Waals surface area contributed by atoms with Crippen molar-refractivity contribution in [1.82, 2.24) is 10.2 Å². The molecular formula is C25H34N2O3S. The summed E-state index contributed by atoms with van der Waals surface area (Å²) in [7, 11) is 1.63. The number of carbonyl (C=O) groups excluding carboxylic acids is 2. The highest BCUT2D eigenvalue weighted by atomic mass is 32.2. The van der Waals surface area contributed by atoms with Crippen LogP contribution in [0.15, 0.2) is 54.6 Å². The third-order valence-corrected chi connectivity index (χ3v) is 6.11. The number of benzene rings is 2. The van der Waals surface area contributed by atoms with Crippen molar-refractivity contribution in [3.05, 3.63) is 65.7 Å². The highest BCUT2D eigenvalue weighted by Crippen LogP contribution is 2.17. The Morgan fingerprint density at radius 1 is 1.06 bits per heavy atom. The summed E-state index contributed by atoms with van der Waals surface area (Å²) in [5, 5.41) is 2.95. The topological polar surface area (TPSA) is 58.6 Å². The minimum absolute atomic E-state index is 0.00507. The number of carbonyl (C=O) groups is 2. The Morgan fingerprint density at radius 2 is 1.77 bits per heavy atom. The lowest BCUT2D eigenvalue weighted by Crippen LogP contribution is -2.47. The predicted octanol–water partition coefficient (Wildman–Crippen LogP) is 4.65. The zero-order valence-electron chi connectivity index (χ0n) is 18.8. The van der Waals surface area contributed by atoms with Gasteiger partial charge in [-0.05, 0) is 36.6 Å². The molecule has 2 aromatic rings. The minimum atomic E-state index is -0.523. The number of unbranched alkanes of at least 4 members (excludes halogenated alkanes) is 1. The molecule has 0 unspecified atom stereocenters. The molecule has 0 aromatic heterocycles. The van der Waals surface area contributed by atoms with E-state index < -0.39 is 6.04 Å². The molecule has 0 fully saturated rings. The first kappa shape index (κ1) is 24.8. The first-order chi connectivity index (χ1) is 15.0. The highest BCUT2D eigenvalue weighted by Gasteiger charge is 2.25. The summed E-state index contributed by atoms with van der Waals surface area (Å²) in [5.74, 6) is 2.25. The Hall–Kier alpha value is -2.47. The summed E-state index contributed by atoms with van der Waals surface area (Å²) >= 11 is 1.74. The number of rotatable bonds is 13. The molecule has 0 spiro atoms. The molecule has 0 aliphatic heterocycles. The van der Waals surface area contributed by atoms with Crippen LogP contribution >= 0.6 is 11.8 Å². The van der Waals surface area contributed by atoms with Crippen LogP contribution < -0.4 is 10.1 Å². The summed E-state index contributed by atoms with van der Waals surface area (Å²) < 4.78 is 5.22. The van der Waals surface area contributed by atoms with Crippen LogP contribution in [0.3, 0.4) is 0 Å². The van der Waals surface area contributed by atoms with Gasteiger partial charge < -0.3 is 15.0 Å². The molecule has 0 aliphatic carbocycles. The second-order valence-corrected chi connectivity index (χ2v) is 8.58. The maximum Gasteiger partial charge on any atom is 0.242 e. The minimum Gasteiger partial charge on any atom is -0.497 e. The van der Waals surface area contributed by atoms with Gasteiger partial charge in [-0.15, -0.1) is 0 Å². The third kappa shape index (κ3) is 8.66. The van der Waals surface area contributed by atoms with Gasteiger partial charge in [0.2, 0.25) is 11.8 Å². The number of nitrogens with one attached hydrogen (secondary N) is 1. The maximum atomic E-state index is 13.1. The molecule has 0 heterocycles. The largest absolute Gasteiger partial charge is 0.497 e. The second-order valence-electron chi connectivity index (χ2n) is 7.48. The van der Waals surface area contributed by atoms with Gasteiger partial charge in [0.15, 0.2) is 0 Å². The van der Waals surface area contributed by atoms with Gasteiger partial charge in [0.05, 0.1) is 7.11 Å². The number of thioether (sulfide) groups is 1. The van der Waals surface area contributed by atoms with Gasteiger partial charge in [-0.3, -0.25) is 9.59 Å². The zero-order valence-corrected chi connectivity index (χ0v) is 19.6. The molecule has 5 nitrogen and oxygen atoms in total. The Bertz CT molecular complexity index is 796. The van der Waals surface area contributed by atoms with Gasteiger partial charge in [-0.1, -0.05) is 55.8 Å². The summed E-state index contributed by atoms with van der Waals surface area (Å²) in [6, 6.07) is 17.3. The van der Waals surface area contributed by atoms with E-state index in [9.17, 15) is 9.59 Å². The smallest absolute Gasteiger partial charge is 0.242 e. The fraction of sp³-hybridized carbons (Fsp3) is 0.440. The summed E-state index contributed by atoms with van der Waals surface area (Å²) in [4.78, 5) is 27.4. The van der Waals surface area contributed by atoms with Gasteiger partial charge in [0.1, 0.15) is 11.8 Å². The SMILES string of the molecule is CCCCNC(=O)[C@@H](C)N(Cc1ccc(OC)cc1)C(=O)CCSCc1ccccc1. The van der Waals surface area contributed by atoms with Crippen molar-refractivity contribution >= 4 is 23.6 Å². The molecule has 168 valence electrons. The van der Waals surface area contributed by atoms with E-state index in [1.165, 1.54) is 5.56 Å². The fourth-order valence-electron chi connectivity index (χ4n) is 3.11. The van der Waals surface area contributed by atoms with Crippen LogP contribution in [0.5, 0.6) is 5.75 Å². The van der Waals surface area contributed by atoms with E-state index in [1.54, 1.807) is 30.7 Å². The van der Waals surface area contributed by atoms with Crippen molar-refractivity contribution in [1.29, 1.82) is 0 Å². The molecule has 0 aliphatic rings. The quantitative estimate of drug-likeness (QED) is 0.459. The number of amides is 2. The van der Waals surface area contributed by atoms with Crippen molar-refractivity contribution in [3.63, 3.8) is 0 Å². The molecule has 0 bridgehead atoms. The van der Waals surface area contributed by atoms with Crippen LogP contribution in [0.1, 0.15) is 44.2 Å². The van der Waals surface area contributed by atoms with Crippen LogP contribution in [0.25, 0.3) is 0 Å². The average Bonchev–Trinajstić information content (AvgIpc) is 2.81. The zero-order chi connectivity index (χ0) is 22.5. The van der Waals surface area contributed by atoms with Gasteiger partial charge in [0, 0.05) is 31.0 Å². The fourth-order valence-corrected chi connectivity index (χ4v) is 4.01. The Labute approximate surface area is 190 Å². The summed E-state index contributed by atoms with van der Waals surface area (Å²) in [6.07, 6.45) is 2.35.